The van der Waals surface area contributed by atoms with Gasteiger partial charge in [0.05, 0.1) is 12.8 Å². The number of aromatic amines is 1. The highest BCUT2D eigenvalue weighted by molar-refractivity contribution is 7.92. The quantitative estimate of drug-likeness (QED) is 0.891. The molecule has 1 aromatic carbocycles. The van der Waals surface area contributed by atoms with Crippen molar-refractivity contribution in [3.8, 4) is 5.75 Å². The number of H-pyrrole nitrogens is 1. The summed E-state index contributed by atoms with van der Waals surface area (Å²) in [5, 5.41) is 0. The molecule has 0 aliphatic heterocycles. The molecule has 1 heterocycles. The first-order valence-electron chi connectivity index (χ1n) is 5.47. The number of anilines is 1. The fraction of sp³-hybridized carbons (Fsp3) is 0.0833. The van der Waals surface area contributed by atoms with Crippen molar-refractivity contribution in [3.63, 3.8) is 0 Å². The van der Waals surface area contributed by atoms with Crippen LogP contribution < -0.4 is 15.0 Å². The van der Waals surface area contributed by atoms with Gasteiger partial charge in [-0.15, -0.1) is 0 Å². The van der Waals surface area contributed by atoms with E-state index in [9.17, 15) is 17.6 Å². The van der Waals surface area contributed by atoms with Gasteiger partial charge < -0.3 is 9.72 Å². The Labute approximate surface area is 114 Å². The van der Waals surface area contributed by atoms with Crippen LogP contribution in [0.4, 0.5) is 10.1 Å². The van der Waals surface area contributed by atoms with Gasteiger partial charge in [-0.2, -0.15) is 0 Å². The Morgan fingerprint density at radius 2 is 2.00 bits per heavy atom. The number of sulfonamides is 1. The summed E-state index contributed by atoms with van der Waals surface area (Å²) in [6, 6.07) is 5.84. The van der Waals surface area contributed by atoms with E-state index in [4.69, 9.17) is 4.74 Å². The minimum absolute atomic E-state index is 0.0772. The van der Waals surface area contributed by atoms with E-state index < -0.39 is 21.4 Å². The van der Waals surface area contributed by atoms with Crippen LogP contribution >= 0.6 is 0 Å². The lowest BCUT2D eigenvalue weighted by atomic mass is 10.3. The summed E-state index contributed by atoms with van der Waals surface area (Å²) in [6.45, 7) is 0. The molecule has 8 heteroatoms. The van der Waals surface area contributed by atoms with Gasteiger partial charge in [0.25, 0.3) is 10.0 Å². The second-order valence-electron chi connectivity index (χ2n) is 3.84. The van der Waals surface area contributed by atoms with Crippen molar-refractivity contribution in [1.82, 2.24) is 4.98 Å². The molecule has 2 N–H and O–H groups in total. The van der Waals surface area contributed by atoms with Crippen LogP contribution in [-0.4, -0.2) is 20.5 Å². The van der Waals surface area contributed by atoms with Gasteiger partial charge in [-0.25, -0.2) is 12.8 Å². The summed E-state index contributed by atoms with van der Waals surface area (Å²) < 4.78 is 44.3. The lowest BCUT2D eigenvalue weighted by Gasteiger charge is -2.09. The van der Waals surface area contributed by atoms with E-state index in [1.165, 1.54) is 25.3 Å². The Bertz CT molecular complexity index is 766. The summed E-state index contributed by atoms with van der Waals surface area (Å²) in [4.78, 5) is 13.1. The van der Waals surface area contributed by atoms with E-state index in [1.807, 2.05) is 0 Å². The number of methoxy groups -OCH3 is 1. The monoisotopic (exact) mass is 298 g/mol. The average Bonchev–Trinajstić information content (AvgIpc) is 2.41. The average molecular weight is 298 g/mol. The van der Waals surface area contributed by atoms with Crippen LogP contribution in [0.3, 0.4) is 0 Å². The molecule has 0 saturated carbocycles. The number of nitrogens with one attached hydrogen (secondary N) is 2. The Morgan fingerprint density at radius 3 is 2.60 bits per heavy atom. The number of benzene rings is 1. The first-order chi connectivity index (χ1) is 9.42. The number of hydrogen-bond donors (Lipinski definition) is 2. The lowest BCUT2D eigenvalue weighted by molar-refractivity contribution is 0.387. The zero-order valence-corrected chi connectivity index (χ0v) is 11.2. The van der Waals surface area contributed by atoms with E-state index >= 15 is 0 Å². The number of ether oxygens (including phenoxy) is 1. The molecule has 0 unspecified atom stereocenters. The maximum atomic E-state index is 13.2. The van der Waals surface area contributed by atoms with Crippen LogP contribution in [0.5, 0.6) is 5.75 Å². The van der Waals surface area contributed by atoms with E-state index in [1.54, 1.807) is 0 Å². The Balaban J connectivity index is 2.33. The molecule has 0 atom stereocenters. The normalized spacial score (nSPS) is 11.1. The first-order valence-corrected chi connectivity index (χ1v) is 6.96. The van der Waals surface area contributed by atoms with Crippen molar-refractivity contribution in [2.75, 3.05) is 11.8 Å². The molecule has 106 valence electrons. The smallest absolute Gasteiger partial charge is 0.263 e. The predicted octanol–water partition coefficient (Wildman–Crippen LogP) is 1.32. The molecular formula is C12H11FN2O4S. The van der Waals surface area contributed by atoms with E-state index in [0.717, 1.165) is 18.3 Å². The largest absolute Gasteiger partial charge is 0.494 e. The molecule has 0 amide bonds. The zero-order valence-electron chi connectivity index (χ0n) is 10.4. The molecular weight excluding hydrogens is 287 g/mol. The third-order valence-corrected chi connectivity index (χ3v) is 3.85. The number of halogens is 1. The van der Waals surface area contributed by atoms with Crippen LogP contribution in [-0.2, 0) is 10.0 Å². The number of aromatic nitrogens is 1. The third kappa shape index (κ3) is 2.97. The number of rotatable bonds is 4. The molecule has 1 aromatic heterocycles. The highest BCUT2D eigenvalue weighted by Crippen LogP contribution is 2.23. The maximum absolute atomic E-state index is 13.2. The van der Waals surface area contributed by atoms with Crippen LogP contribution in [0, 0.1) is 5.82 Å². The van der Waals surface area contributed by atoms with Crippen molar-refractivity contribution < 1.29 is 17.5 Å². The van der Waals surface area contributed by atoms with Crippen molar-refractivity contribution >= 4 is 15.7 Å². The van der Waals surface area contributed by atoms with Gasteiger partial charge >= 0.3 is 0 Å². The Kier molecular flexibility index (Phi) is 3.75. The standard InChI is InChI=1S/C12H11FN2O4S/c1-19-11-6-8(2-4-10(11)13)15-20(17,18)9-3-5-12(16)14-7-9/h2-7,15H,1H3,(H,14,16). The minimum Gasteiger partial charge on any atom is -0.494 e. The molecule has 0 radical (unpaired) electrons. The first kappa shape index (κ1) is 14.1. The van der Waals surface area contributed by atoms with Crippen molar-refractivity contribution in [2.24, 2.45) is 0 Å². The third-order valence-electron chi connectivity index (χ3n) is 2.47. The van der Waals surface area contributed by atoms with Crippen LogP contribution in [0.25, 0.3) is 0 Å². The van der Waals surface area contributed by atoms with E-state index in [-0.39, 0.29) is 16.3 Å². The van der Waals surface area contributed by atoms with Gasteiger partial charge in [0.2, 0.25) is 5.56 Å². The van der Waals surface area contributed by atoms with Gasteiger partial charge in [-0.3, -0.25) is 9.52 Å². The highest BCUT2D eigenvalue weighted by Gasteiger charge is 2.15. The SMILES string of the molecule is COc1cc(NS(=O)(=O)c2ccc(=O)[nH]c2)ccc1F. The fourth-order valence-corrected chi connectivity index (χ4v) is 2.52. The van der Waals surface area contributed by atoms with Crippen molar-refractivity contribution in [1.29, 1.82) is 0 Å². The molecule has 2 rings (SSSR count). The van der Waals surface area contributed by atoms with Gasteiger partial charge in [0, 0.05) is 18.3 Å². The van der Waals surface area contributed by atoms with E-state index in [0.29, 0.717) is 0 Å². The summed E-state index contributed by atoms with van der Waals surface area (Å²) in [5.74, 6) is -0.675. The molecule has 0 spiro atoms. The maximum Gasteiger partial charge on any atom is 0.263 e. The molecule has 0 saturated heterocycles. The second kappa shape index (κ2) is 5.33. The molecule has 6 nitrogen and oxygen atoms in total. The molecule has 0 fully saturated rings. The Morgan fingerprint density at radius 1 is 1.25 bits per heavy atom. The molecule has 0 bridgehead atoms. The summed E-state index contributed by atoms with van der Waals surface area (Å²) in [6.07, 6.45) is 1.07. The van der Waals surface area contributed by atoms with Crippen LogP contribution in [0.15, 0.2) is 46.2 Å². The summed E-state index contributed by atoms with van der Waals surface area (Å²) >= 11 is 0. The summed E-state index contributed by atoms with van der Waals surface area (Å²) in [7, 11) is -2.59. The number of hydrogen-bond acceptors (Lipinski definition) is 4. The van der Waals surface area contributed by atoms with Gasteiger partial charge in [-0.1, -0.05) is 0 Å². The second-order valence-corrected chi connectivity index (χ2v) is 5.53. The fourth-order valence-electron chi connectivity index (χ4n) is 1.50. The number of pyridine rings is 1. The molecule has 0 aliphatic rings. The topological polar surface area (TPSA) is 88.3 Å². The highest BCUT2D eigenvalue weighted by atomic mass is 32.2. The van der Waals surface area contributed by atoms with Crippen LogP contribution in [0.2, 0.25) is 0 Å². The predicted molar refractivity (Wildman–Crippen MR) is 70.8 cm³/mol. The van der Waals surface area contributed by atoms with Gasteiger partial charge in [0.15, 0.2) is 11.6 Å². The molecule has 0 aliphatic carbocycles. The Hall–Kier alpha value is -2.35. The molecule has 2 aromatic rings. The minimum atomic E-state index is -3.87. The van der Waals surface area contributed by atoms with Gasteiger partial charge in [0.1, 0.15) is 4.90 Å². The lowest BCUT2D eigenvalue weighted by Crippen LogP contribution is -2.15. The zero-order chi connectivity index (χ0) is 14.8. The molecule has 20 heavy (non-hydrogen) atoms. The van der Waals surface area contributed by atoms with Crippen molar-refractivity contribution in [2.45, 2.75) is 4.90 Å². The van der Waals surface area contributed by atoms with Crippen molar-refractivity contribution in [3.05, 3.63) is 52.7 Å². The summed E-state index contributed by atoms with van der Waals surface area (Å²) in [5.41, 5.74) is -0.262. The van der Waals surface area contributed by atoms with E-state index in [2.05, 4.69) is 9.71 Å². The van der Waals surface area contributed by atoms with Gasteiger partial charge in [-0.05, 0) is 18.2 Å². The van der Waals surface area contributed by atoms with Crippen LogP contribution in [0.1, 0.15) is 0 Å².